The van der Waals surface area contributed by atoms with Crippen LogP contribution in [0.15, 0.2) is 6.07 Å². The molecule has 152 valence electrons. The van der Waals surface area contributed by atoms with Crippen molar-refractivity contribution >= 4 is 5.91 Å². The Balaban J connectivity index is 1.62. The van der Waals surface area contributed by atoms with E-state index in [0.29, 0.717) is 24.8 Å². The molecule has 7 nitrogen and oxygen atoms in total. The lowest BCUT2D eigenvalue weighted by atomic mass is 10.1. The predicted molar refractivity (Wildman–Crippen MR) is 110 cm³/mol. The molecule has 3 rings (SSSR count). The van der Waals surface area contributed by atoms with Gasteiger partial charge in [0, 0.05) is 35.7 Å². The molecule has 0 saturated carbocycles. The van der Waals surface area contributed by atoms with Gasteiger partial charge in [-0.15, -0.1) is 0 Å². The van der Waals surface area contributed by atoms with Crippen LogP contribution in [0.3, 0.4) is 0 Å². The molecular formula is C21H32N6O. The average Bonchev–Trinajstić information content (AvgIpc) is 3.22. The van der Waals surface area contributed by atoms with Crippen LogP contribution in [0.2, 0.25) is 0 Å². The first-order valence-corrected chi connectivity index (χ1v) is 10.2. The SMILES string of the molecule is Cc1cc(C)nc(-n2nc(C)c(CC(=O)NCC(C)CN3CCCC3)c2C)n1. The molecule has 1 fully saturated rings. The summed E-state index contributed by atoms with van der Waals surface area (Å²) in [7, 11) is 0. The lowest BCUT2D eigenvalue weighted by Gasteiger charge is -2.20. The van der Waals surface area contributed by atoms with E-state index in [1.165, 1.54) is 25.9 Å². The quantitative estimate of drug-likeness (QED) is 0.793. The Kier molecular flexibility index (Phi) is 6.44. The highest BCUT2D eigenvalue weighted by molar-refractivity contribution is 5.79. The van der Waals surface area contributed by atoms with E-state index in [2.05, 4.69) is 32.2 Å². The third-order valence-electron chi connectivity index (χ3n) is 5.35. The smallest absolute Gasteiger partial charge is 0.251 e. The Morgan fingerprint density at radius 2 is 1.79 bits per heavy atom. The van der Waals surface area contributed by atoms with Crippen LogP contribution in [0.25, 0.3) is 5.95 Å². The highest BCUT2D eigenvalue weighted by Crippen LogP contribution is 2.17. The molecule has 2 aromatic heterocycles. The van der Waals surface area contributed by atoms with Gasteiger partial charge in [0.1, 0.15) is 0 Å². The Hall–Kier alpha value is -2.28. The number of aryl methyl sites for hydroxylation is 3. The van der Waals surface area contributed by atoms with Crippen molar-refractivity contribution in [1.29, 1.82) is 0 Å². The fraction of sp³-hybridized carbons (Fsp3) is 0.619. The van der Waals surface area contributed by atoms with E-state index >= 15 is 0 Å². The van der Waals surface area contributed by atoms with Gasteiger partial charge in [0.05, 0.1) is 12.1 Å². The summed E-state index contributed by atoms with van der Waals surface area (Å²) < 4.78 is 1.74. The summed E-state index contributed by atoms with van der Waals surface area (Å²) in [5.41, 5.74) is 4.53. The standard InChI is InChI=1S/C21H32N6O/c1-14(13-26-8-6-7-9-26)12-22-20(28)11-19-17(4)25-27(18(19)5)21-23-15(2)10-16(3)24-21/h10,14H,6-9,11-13H2,1-5H3,(H,22,28). The first kappa shape index (κ1) is 20.5. The minimum Gasteiger partial charge on any atom is -0.355 e. The van der Waals surface area contributed by atoms with E-state index < -0.39 is 0 Å². The van der Waals surface area contributed by atoms with Crippen molar-refractivity contribution in [3.05, 3.63) is 34.4 Å². The van der Waals surface area contributed by atoms with Crippen LogP contribution >= 0.6 is 0 Å². The zero-order valence-electron chi connectivity index (χ0n) is 17.7. The average molecular weight is 385 g/mol. The van der Waals surface area contributed by atoms with Crippen molar-refractivity contribution in [2.24, 2.45) is 5.92 Å². The molecule has 1 aliphatic heterocycles. The molecule has 1 atom stereocenters. The van der Waals surface area contributed by atoms with Crippen molar-refractivity contribution in [2.45, 2.75) is 53.9 Å². The number of hydrogen-bond acceptors (Lipinski definition) is 5. The van der Waals surface area contributed by atoms with E-state index in [9.17, 15) is 4.79 Å². The van der Waals surface area contributed by atoms with Gasteiger partial charge in [0.15, 0.2) is 0 Å². The third kappa shape index (κ3) is 4.95. The summed E-state index contributed by atoms with van der Waals surface area (Å²) >= 11 is 0. The number of carbonyl (C=O) groups excluding carboxylic acids is 1. The molecule has 1 saturated heterocycles. The first-order chi connectivity index (χ1) is 13.3. The maximum atomic E-state index is 12.5. The highest BCUT2D eigenvalue weighted by Gasteiger charge is 2.19. The second-order valence-electron chi connectivity index (χ2n) is 8.11. The molecule has 0 bridgehead atoms. The maximum Gasteiger partial charge on any atom is 0.251 e. The van der Waals surface area contributed by atoms with Gasteiger partial charge in [-0.3, -0.25) is 4.79 Å². The van der Waals surface area contributed by atoms with Crippen LogP contribution in [0.1, 0.15) is 48.1 Å². The second kappa shape index (κ2) is 8.82. The number of aromatic nitrogens is 4. The molecule has 0 aliphatic carbocycles. The minimum absolute atomic E-state index is 0.0420. The number of carbonyl (C=O) groups is 1. The molecule has 0 aromatic carbocycles. The lowest BCUT2D eigenvalue weighted by Crippen LogP contribution is -2.35. The van der Waals surface area contributed by atoms with E-state index in [1.807, 2.05) is 33.8 Å². The van der Waals surface area contributed by atoms with Crippen LogP contribution < -0.4 is 5.32 Å². The van der Waals surface area contributed by atoms with Crippen molar-refractivity contribution in [2.75, 3.05) is 26.2 Å². The van der Waals surface area contributed by atoms with Gasteiger partial charge in [0.25, 0.3) is 5.95 Å². The van der Waals surface area contributed by atoms with Gasteiger partial charge in [-0.1, -0.05) is 6.92 Å². The summed E-state index contributed by atoms with van der Waals surface area (Å²) in [6.07, 6.45) is 2.93. The number of nitrogens with one attached hydrogen (secondary N) is 1. The molecular weight excluding hydrogens is 352 g/mol. The molecule has 1 amide bonds. The summed E-state index contributed by atoms with van der Waals surface area (Å²) in [5.74, 6) is 1.06. The summed E-state index contributed by atoms with van der Waals surface area (Å²) in [6, 6.07) is 1.94. The number of likely N-dealkylation sites (tertiary alicyclic amines) is 1. The van der Waals surface area contributed by atoms with Crippen LogP contribution in [0.5, 0.6) is 0 Å². The van der Waals surface area contributed by atoms with E-state index in [1.54, 1.807) is 4.68 Å². The largest absolute Gasteiger partial charge is 0.355 e. The van der Waals surface area contributed by atoms with Crippen LogP contribution in [0, 0.1) is 33.6 Å². The fourth-order valence-electron chi connectivity index (χ4n) is 3.91. The number of hydrogen-bond donors (Lipinski definition) is 1. The number of amides is 1. The van der Waals surface area contributed by atoms with Crippen molar-refractivity contribution < 1.29 is 4.79 Å². The second-order valence-corrected chi connectivity index (χ2v) is 8.11. The number of nitrogens with zero attached hydrogens (tertiary/aromatic N) is 5. The first-order valence-electron chi connectivity index (χ1n) is 10.2. The van der Waals surface area contributed by atoms with Gasteiger partial charge in [-0.2, -0.15) is 5.10 Å². The monoisotopic (exact) mass is 384 g/mol. The summed E-state index contributed by atoms with van der Waals surface area (Å²) in [5, 5.41) is 7.68. The van der Waals surface area contributed by atoms with Crippen molar-refractivity contribution in [1.82, 2.24) is 30.0 Å². The van der Waals surface area contributed by atoms with Crippen LogP contribution in [-0.2, 0) is 11.2 Å². The van der Waals surface area contributed by atoms with Crippen molar-refractivity contribution in [3.8, 4) is 5.95 Å². The molecule has 28 heavy (non-hydrogen) atoms. The Morgan fingerprint density at radius 3 is 2.43 bits per heavy atom. The third-order valence-corrected chi connectivity index (χ3v) is 5.35. The fourth-order valence-corrected chi connectivity index (χ4v) is 3.91. The molecule has 0 spiro atoms. The zero-order valence-corrected chi connectivity index (χ0v) is 17.7. The molecule has 1 aliphatic rings. The Morgan fingerprint density at radius 1 is 1.14 bits per heavy atom. The van der Waals surface area contributed by atoms with Gasteiger partial charge < -0.3 is 10.2 Å². The van der Waals surface area contributed by atoms with Gasteiger partial charge in [0.2, 0.25) is 5.91 Å². The van der Waals surface area contributed by atoms with Crippen LogP contribution in [-0.4, -0.2) is 56.7 Å². The Labute approximate surface area is 167 Å². The van der Waals surface area contributed by atoms with Crippen LogP contribution in [0.4, 0.5) is 0 Å². The van der Waals surface area contributed by atoms with E-state index in [0.717, 1.165) is 34.9 Å². The predicted octanol–water partition coefficient (Wildman–Crippen LogP) is 2.29. The highest BCUT2D eigenvalue weighted by atomic mass is 16.1. The van der Waals surface area contributed by atoms with Gasteiger partial charge in [-0.05, 0) is 65.6 Å². The maximum absolute atomic E-state index is 12.5. The molecule has 1 N–H and O–H groups in total. The molecule has 2 aromatic rings. The van der Waals surface area contributed by atoms with Crippen molar-refractivity contribution in [3.63, 3.8) is 0 Å². The molecule has 0 radical (unpaired) electrons. The van der Waals surface area contributed by atoms with E-state index in [4.69, 9.17) is 0 Å². The molecule has 3 heterocycles. The molecule has 7 heteroatoms. The van der Waals surface area contributed by atoms with E-state index in [-0.39, 0.29) is 5.91 Å². The molecule has 1 unspecified atom stereocenters. The number of rotatable bonds is 7. The summed E-state index contributed by atoms with van der Waals surface area (Å²) in [6.45, 7) is 14.1. The van der Waals surface area contributed by atoms with Gasteiger partial charge >= 0.3 is 0 Å². The topological polar surface area (TPSA) is 75.9 Å². The zero-order chi connectivity index (χ0) is 20.3. The summed E-state index contributed by atoms with van der Waals surface area (Å²) in [4.78, 5) is 24.0. The van der Waals surface area contributed by atoms with Gasteiger partial charge in [-0.25, -0.2) is 14.6 Å². The normalized spacial score (nSPS) is 15.8. The Bertz CT molecular complexity index is 817. The lowest BCUT2D eigenvalue weighted by molar-refractivity contribution is -0.120. The minimum atomic E-state index is 0.0420.